The SMILES string of the molecule is CCOC(=O)c1[nH]c2ccc(C)nc2c1-c1cccnc1OC. The van der Waals surface area contributed by atoms with Gasteiger partial charge >= 0.3 is 5.97 Å². The lowest BCUT2D eigenvalue weighted by atomic mass is 10.1. The Labute approximate surface area is 133 Å². The van der Waals surface area contributed by atoms with Crippen molar-refractivity contribution in [1.82, 2.24) is 15.0 Å². The number of aromatic nitrogens is 3. The molecule has 23 heavy (non-hydrogen) atoms. The van der Waals surface area contributed by atoms with Crippen LogP contribution in [-0.2, 0) is 4.74 Å². The quantitative estimate of drug-likeness (QED) is 0.749. The summed E-state index contributed by atoms with van der Waals surface area (Å²) in [6, 6.07) is 7.42. The zero-order valence-corrected chi connectivity index (χ0v) is 13.2. The van der Waals surface area contributed by atoms with E-state index in [1.807, 2.05) is 25.1 Å². The molecule has 3 aromatic rings. The van der Waals surface area contributed by atoms with Crippen molar-refractivity contribution in [3.63, 3.8) is 0 Å². The zero-order valence-electron chi connectivity index (χ0n) is 13.2. The van der Waals surface area contributed by atoms with Gasteiger partial charge in [0.15, 0.2) is 0 Å². The summed E-state index contributed by atoms with van der Waals surface area (Å²) >= 11 is 0. The van der Waals surface area contributed by atoms with Gasteiger partial charge in [-0.25, -0.2) is 9.78 Å². The third kappa shape index (κ3) is 2.63. The summed E-state index contributed by atoms with van der Waals surface area (Å²) < 4.78 is 10.5. The minimum Gasteiger partial charge on any atom is -0.481 e. The minimum atomic E-state index is -0.427. The Morgan fingerprint density at radius 2 is 2.13 bits per heavy atom. The number of hydrogen-bond donors (Lipinski definition) is 1. The van der Waals surface area contributed by atoms with Gasteiger partial charge in [-0.05, 0) is 38.1 Å². The molecule has 6 nitrogen and oxygen atoms in total. The van der Waals surface area contributed by atoms with E-state index in [1.165, 1.54) is 0 Å². The number of methoxy groups -OCH3 is 1. The molecule has 0 saturated heterocycles. The second kappa shape index (κ2) is 6.08. The van der Waals surface area contributed by atoms with Crippen LogP contribution in [0.25, 0.3) is 22.2 Å². The first-order valence-electron chi connectivity index (χ1n) is 7.31. The van der Waals surface area contributed by atoms with E-state index in [2.05, 4.69) is 15.0 Å². The van der Waals surface area contributed by atoms with E-state index >= 15 is 0 Å². The van der Waals surface area contributed by atoms with Gasteiger partial charge < -0.3 is 14.5 Å². The number of pyridine rings is 2. The third-order valence-electron chi connectivity index (χ3n) is 3.49. The van der Waals surface area contributed by atoms with Crippen molar-refractivity contribution in [2.24, 2.45) is 0 Å². The van der Waals surface area contributed by atoms with Crippen LogP contribution >= 0.6 is 0 Å². The second-order valence-electron chi connectivity index (χ2n) is 5.00. The molecule has 0 radical (unpaired) electrons. The Morgan fingerprint density at radius 3 is 2.87 bits per heavy atom. The number of nitrogens with zero attached hydrogens (tertiary/aromatic N) is 2. The predicted octanol–water partition coefficient (Wildman–Crippen LogP) is 3.12. The van der Waals surface area contributed by atoms with Crippen LogP contribution in [0.3, 0.4) is 0 Å². The number of fused-ring (bicyclic) bond motifs is 1. The summed E-state index contributed by atoms with van der Waals surface area (Å²) in [5.74, 6) is 0.00585. The van der Waals surface area contributed by atoms with Gasteiger partial charge in [-0.1, -0.05) is 0 Å². The largest absolute Gasteiger partial charge is 0.481 e. The van der Waals surface area contributed by atoms with E-state index in [-0.39, 0.29) is 0 Å². The lowest BCUT2D eigenvalue weighted by Crippen LogP contribution is -2.07. The van der Waals surface area contributed by atoms with Crippen LogP contribution in [0.15, 0.2) is 30.5 Å². The molecule has 0 unspecified atom stereocenters. The molecule has 0 spiro atoms. The zero-order chi connectivity index (χ0) is 16.4. The van der Waals surface area contributed by atoms with Crippen LogP contribution in [0.5, 0.6) is 5.88 Å². The maximum absolute atomic E-state index is 12.4. The smallest absolute Gasteiger partial charge is 0.355 e. The number of H-pyrrole nitrogens is 1. The third-order valence-corrected chi connectivity index (χ3v) is 3.49. The Morgan fingerprint density at radius 1 is 1.30 bits per heavy atom. The molecule has 3 rings (SSSR count). The molecule has 0 aliphatic rings. The lowest BCUT2D eigenvalue weighted by molar-refractivity contribution is 0.0521. The molecule has 0 aromatic carbocycles. The first-order chi connectivity index (χ1) is 11.2. The van der Waals surface area contributed by atoms with Crippen molar-refractivity contribution in [1.29, 1.82) is 0 Å². The normalized spacial score (nSPS) is 10.7. The van der Waals surface area contributed by atoms with Gasteiger partial charge in [0.2, 0.25) is 5.88 Å². The first kappa shape index (κ1) is 15.0. The van der Waals surface area contributed by atoms with Crippen LogP contribution in [0.1, 0.15) is 23.1 Å². The molecular formula is C17H17N3O3. The number of nitrogens with one attached hydrogen (secondary N) is 1. The summed E-state index contributed by atoms with van der Waals surface area (Å²) in [6.45, 7) is 3.97. The van der Waals surface area contributed by atoms with Gasteiger partial charge in [0.25, 0.3) is 0 Å². The molecule has 1 N–H and O–H groups in total. The van der Waals surface area contributed by atoms with Crippen LogP contribution in [0, 0.1) is 6.92 Å². The number of carbonyl (C=O) groups excluding carboxylic acids is 1. The fraction of sp³-hybridized carbons (Fsp3) is 0.235. The van der Waals surface area contributed by atoms with E-state index in [1.54, 1.807) is 26.3 Å². The summed E-state index contributed by atoms with van der Waals surface area (Å²) in [4.78, 5) is 24.2. The highest BCUT2D eigenvalue weighted by atomic mass is 16.5. The number of hydrogen-bond acceptors (Lipinski definition) is 5. The molecule has 0 bridgehead atoms. The topological polar surface area (TPSA) is 77.1 Å². The monoisotopic (exact) mass is 311 g/mol. The molecule has 3 aromatic heterocycles. The Bertz CT molecular complexity index is 871. The molecule has 0 aliphatic carbocycles. The van der Waals surface area contributed by atoms with Crippen LogP contribution in [0.4, 0.5) is 0 Å². The highest BCUT2D eigenvalue weighted by Gasteiger charge is 2.23. The molecular weight excluding hydrogens is 294 g/mol. The number of aromatic amines is 1. The van der Waals surface area contributed by atoms with Crippen LogP contribution < -0.4 is 4.74 Å². The molecule has 118 valence electrons. The van der Waals surface area contributed by atoms with Crippen molar-refractivity contribution >= 4 is 17.0 Å². The van der Waals surface area contributed by atoms with Crippen molar-refractivity contribution in [2.75, 3.05) is 13.7 Å². The average molecular weight is 311 g/mol. The molecule has 0 aliphatic heterocycles. The summed E-state index contributed by atoms with van der Waals surface area (Å²) in [5, 5.41) is 0. The van der Waals surface area contributed by atoms with Gasteiger partial charge in [0.05, 0.1) is 24.8 Å². The molecule has 3 heterocycles. The predicted molar refractivity (Wildman–Crippen MR) is 86.6 cm³/mol. The van der Waals surface area contributed by atoms with Crippen molar-refractivity contribution < 1.29 is 14.3 Å². The fourth-order valence-electron chi connectivity index (χ4n) is 2.53. The Balaban J connectivity index is 2.33. The summed E-state index contributed by atoms with van der Waals surface area (Å²) in [7, 11) is 1.55. The first-order valence-corrected chi connectivity index (χ1v) is 7.31. The number of ether oxygens (including phenoxy) is 2. The highest BCUT2D eigenvalue weighted by Crippen LogP contribution is 2.36. The van der Waals surface area contributed by atoms with Crippen molar-refractivity contribution in [3.8, 4) is 17.0 Å². The van der Waals surface area contributed by atoms with E-state index in [0.717, 1.165) is 11.2 Å². The summed E-state index contributed by atoms with van der Waals surface area (Å²) in [6.07, 6.45) is 1.64. The highest BCUT2D eigenvalue weighted by molar-refractivity contribution is 6.07. The van der Waals surface area contributed by atoms with E-state index in [4.69, 9.17) is 9.47 Å². The lowest BCUT2D eigenvalue weighted by Gasteiger charge is -2.08. The number of rotatable bonds is 4. The fourth-order valence-corrected chi connectivity index (χ4v) is 2.53. The Hall–Kier alpha value is -2.89. The van der Waals surface area contributed by atoms with Gasteiger partial charge in [-0.3, -0.25) is 4.98 Å². The molecule has 0 atom stereocenters. The maximum Gasteiger partial charge on any atom is 0.355 e. The van der Waals surface area contributed by atoms with Crippen LogP contribution in [0.2, 0.25) is 0 Å². The van der Waals surface area contributed by atoms with Crippen LogP contribution in [-0.4, -0.2) is 34.6 Å². The maximum atomic E-state index is 12.4. The number of carbonyl (C=O) groups is 1. The van der Waals surface area contributed by atoms with Gasteiger partial charge in [-0.15, -0.1) is 0 Å². The van der Waals surface area contributed by atoms with E-state index < -0.39 is 5.97 Å². The Kier molecular flexibility index (Phi) is 3.97. The average Bonchev–Trinajstić information content (AvgIpc) is 2.93. The molecule has 6 heteroatoms. The molecule has 0 saturated carbocycles. The van der Waals surface area contributed by atoms with Crippen molar-refractivity contribution in [2.45, 2.75) is 13.8 Å². The van der Waals surface area contributed by atoms with Crippen molar-refractivity contribution in [3.05, 3.63) is 41.9 Å². The molecule has 0 amide bonds. The van der Waals surface area contributed by atoms with Gasteiger partial charge in [0.1, 0.15) is 5.69 Å². The summed E-state index contributed by atoms with van der Waals surface area (Å²) in [5.41, 5.74) is 4.01. The second-order valence-corrected chi connectivity index (χ2v) is 5.00. The number of aryl methyl sites for hydroxylation is 1. The molecule has 0 fully saturated rings. The van der Waals surface area contributed by atoms with E-state index in [9.17, 15) is 4.79 Å². The van der Waals surface area contributed by atoms with Gasteiger partial charge in [-0.2, -0.15) is 0 Å². The van der Waals surface area contributed by atoms with Gasteiger partial charge in [0, 0.05) is 23.0 Å². The minimum absolute atomic E-state index is 0.296. The number of esters is 1. The standard InChI is InChI=1S/C17H17N3O3/c1-4-23-17(21)15-13(11-6-5-9-18-16(11)22-3)14-12(20-15)8-7-10(2)19-14/h5-9,20H,4H2,1-3H3. The van der Waals surface area contributed by atoms with E-state index in [0.29, 0.717) is 34.8 Å².